The minimum atomic E-state index is -0.898. The minimum Gasteiger partial charge on any atom is -0.410 e. The highest BCUT2D eigenvalue weighted by Crippen LogP contribution is 2.20. The number of primary amides is 2. The smallest absolute Gasteiger partial charge is 0.409 e. The highest BCUT2D eigenvalue weighted by atomic mass is 16.5. The van der Waals surface area contributed by atoms with E-state index in [-0.39, 0.29) is 6.42 Å². The van der Waals surface area contributed by atoms with Crippen molar-refractivity contribution in [2.24, 2.45) is 17.4 Å². The van der Waals surface area contributed by atoms with E-state index in [2.05, 4.69) is 0 Å². The van der Waals surface area contributed by atoms with Gasteiger partial charge in [-0.2, -0.15) is 0 Å². The van der Waals surface area contributed by atoms with Crippen molar-refractivity contribution >= 4 is 12.0 Å². The van der Waals surface area contributed by atoms with Gasteiger partial charge < -0.3 is 21.3 Å². The first-order valence-electron chi connectivity index (χ1n) is 8.51. The van der Waals surface area contributed by atoms with Gasteiger partial charge in [0.25, 0.3) is 0 Å². The van der Waals surface area contributed by atoms with Crippen molar-refractivity contribution in [1.82, 2.24) is 0 Å². The maximum atomic E-state index is 11.8. The molecule has 2 aromatic rings. The molecule has 0 bridgehead atoms. The summed E-state index contributed by atoms with van der Waals surface area (Å²) in [6.07, 6.45) is 0.396. The summed E-state index contributed by atoms with van der Waals surface area (Å²) < 4.78 is 4.84. The molecule has 2 atom stereocenters. The normalized spacial score (nSPS) is 13.0. The highest BCUT2D eigenvalue weighted by molar-refractivity contribution is 5.77. The Balaban J connectivity index is 1.93. The molecule has 0 spiro atoms. The predicted octanol–water partition coefficient (Wildman–Crippen LogP) is 2.17. The van der Waals surface area contributed by atoms with E-state index in [0.717, 1.165) is 17.5 Å². The van der Waals surface area contributed by atoms with E-state index in [1.165, 1.54) is 0 Å². The molecule has 0 heterocycles. The summed E-state index contributed by atoms with van der Waals surface area (Å²) in [4.78, 5) is 22.6. The first-order chi connectivity index (χ1) is 12.4. The molecule has 0 saturated carbocycles. The predicted molar refractivity (Wildman–Crippen MR) is 98.4 cm³/mol. The van der Waals surface area contributed by atoms with E-state index >= 15 is 0 Å². The number of aliphatic hydroxyl groups excluding tert-OH is 1. The lowest BCUT2D eigenvalue weighted by molar-refractivity contribution is -0.122. The summed E-state index contributed by atoms with van der Waals surface area (Å²) in [6, 6.07) is 16.6. The molecule has 0 radical (unpaired) electrons. The number of nitrogens with two attached hydrogens (primary N) is 2. The lowest BCUT2D eigenvalue weighted by Gasteiger charge is -2.18. The number of aliphatic hydroxyl groups is 1. The third-order valence-corrected chi connectivity index (χ3v) is 4.17. The van der Waals surface area contributed by atoms with Crippen molar-refractivity contribution in [3.63, 3.8) is 0 Å². The van der Waals surface area contributed by atoms with Crippen LogP contribution in [0.2, 0.25) is 0 Å². The van der Waals surface area contributed by atoms with Crippen LogP contribution in [0.5, 0.6) is 5.75 Å². The first kappa shape index (κ1) is 19.5. The number of rotatable bonds is 9. The maximum absolute atomic E-state index is 11.8. The molecule has 0 aliphatic heterocycles. The molecule has 0 aromatic heterocycles. The molecule has 6 heteroatoms. The molecule has 0 fully saturated rings. The summed E-state index contributed by atoms with van der Waals surface area (Å²) in [5, 5.41) is 10.3. The van der Waals surface area contributed by atoms with E-state index in [1.54, 1.807) is 24.3 Å². The highest BCUT2D eigenvalue weighted by Gasteiger charge is 2.20. The van der Waals surface area contributed by atoms with Gasteiger partial charge in [0, 0.05) is 5.92 Å². The van der Waals surface area contributed by atoms with Crippen LogP contribution in [-0.2, 0) is 17.6 Å². The third-order valence-electron chi connectivity index (χ3n) is 4.17. The Bertz CT molecular complexity index is 734. The molecule has 26 heavy (non-hydrogen) atoms. The molecule has 2 amide bonds. The SMILES string of the molecule is NC(=O)Oc1cccc(C[C@H](C[C@@H](O)CCc2ccccc2)C(N)=O)c1. The zero-order valence-electron chi connectivity index (χ0n) is 14.5. The minimum absolute atomic E-state index is 0.281. The fourth-order valence-electron chi connectivity index (χ4n) is 2.86. The maximum Gasteiger partial charge on any atom is 0.409 e. The van der Waals surface area contributed by atoms with Gasteiger partial charge in [-0.1, -0.05) is 42.5 Å². The van der Waals surface area contributed by atoms with Crippen molar-refractivity contribution < 1.29 is 19.4 Å². The van der Waals surface area contributed by atoms with Gasteiger partial charge in [0.05, 0.1) is 6.10 Å². The van der Waals surface area contributed by atoms with Gasteiger partial charge in [0.1, 0.15) is 5.75 Å². The Morgan fingerprint density at radius 1 is 1.00 bits per heavy atom. The molecule has 5 N–H and O–H groups in total. The fraction of sp³-hybridized carbons (Fsp3) is 0.300. The Morgan fingerprint density at radius 3 is 2.35 bits per heavy atom. The third kappa shape index (κ3) is 6.57. The van der Waals surface area contributed by atoms with E-state index in [9.17, 15) is 14.7 Å². The lowest BCUT2D eigenvalue weighted by atomic mass is 9.91. The molecule has 0 aliphatic carbocycles. The van der Waals surface area contributed by atoms with Gasteiger partial charge in [0.2, 0.25) is 5.91 Å². The number of aryl methyl sites for hydroxylation is 1. The largest absolute Gasteiger partial charge is 0.410 e. The van der Waals surface area contributed by atoms with Crippen molar-refractivity contribution in [3.8, 4) is 5.75 Å². The average Bonchev–Trinajstić information content (AvgIpc) is 2.60. The Morgan fingerprint density at radius 2 is 1.69 bits per heavy atom. The van der Waals surface area contributed by atoms with Crippen LogP contribution in [0, 0.1) is 5.92 Å². The second-order valence-corrected chi connectivity index (χ2v) is 6.29. The van der Waals surface area contributed by atoms with E-state index < -0.39 is 24.0 Å². The number of ether oxygens (including phenoxy) is 1. The summed E-state index contributed by atoms with van der Waals surface area (Å²) >= 11 is 0. The van der Waals surface area contributed by atoms with Crippen LogP contribution < -0.4 is 16.2 Å². The molecule has 2 aromatic carbocycles. The second-order valence-electron chi connectivity index (χ2n) is 6.29. The monoisotopic (exact) mass is 356 g/mol. The molecule has 0 unspecified atom stereocenters. The van der Waals surface area contributed by atoms with Crippen molar-refractivity contribution in [1.29, 1.82) is 0 Å². The van der Waals surface area contributed by atoms with Crippen LogP contribution >= 0.6 is 0 Å². The molecule has 138 valence electrons. The number of carbonyl (C=O) groups excluding carboxylic acids is 2. The van der Waals surface area contributed by atoms with Crippen LogP contribution in [0.1, 0.15) is 24.0 Å². The molecular weight excluding hydrogens is 332 g/mol. The zero-order chi connectivity index (χ0) is 18.9. The van der Waals surface area contributed by atoms with E-state index in [4.69, 9.17) is 16.2 Å². The van der Waals surface area contributed by atoms with Gasteiger partial charge in [0.15, 0.2) is 0 Å². The number of hydrogen-bond acceptors (Lipinski definition) is 4. The molecule has 0 saturated heterocycles. The standard InChI is InChI=1S/C20H24N2O4/c21-19(24)16(11-15-7-4-8-18(12-15)26-20(22)25)13-17(23)10-9-14-5-2-1-3-6-14/h1-8,12,16-17,23H,9-11,13H2,(H2,21,24)(H2,22,25)/t16-,17+/m1/s1. The summed E-state index contributed by atoms with van der Waals surface area (Å²) in [7, 11) is 0. The Labute approximate surface area is 152 Å². The zero-order valence-corrected chi connectivity index (χ0v) is 14.5. The Hall–Kier alpha value is -2.86. The van der Waals surface area contributed by atoms with Crippen molar-refractivity contribution in [3.05, 3.63) is 65.7 Å². The van der Waals surface area contributed by atoms with Crippen LogP contribution in [-0.4, -0.2) is 23.2 Å². The van der Waals surface area contributed by atoms with Gasteiger partial charge in [-0.25, -0.2) is 4.79 Å². The van der Waals surface area contributed by atoms with E-state index in [0.29, 0.717) is 18.6 Å². The fourth-order valence-corrected chi connectivity index (χ4v) is 2.86. The quantitative estimate of drug-likeness (QED) is 0.638. The van der Waals surface area contributed by atoms with Crippen LogP contribution in [0.4, 0.5) is 4.79 Å². The topological polar surface area (TPSA) is 116 Å². The second kappa shape index (κ2) is 9.58. The molecular formula is C20H24N2O4. The molecule has 0 aliphatic rings. The van der Waals surface area contributed by atoms with Crippen LogP contribution in [0.25, 0.3) is 0 Å². The van der Waals surface area contributed by atoms with Gasteiger partial charge in [-0.05, 0) is 48.9 Å². The first-order valence-corrected chi connectivity index (χ1v) is 8.51. The summed E-state index contributed by atoms with van der Waals surface area (Å²) in [6.45, 7) is 0. The number of amides is 2. The summed E-state index contributed by atoms with van der Waals surface area (Å²) in [5.74, 6) is -0.669. The molecule has 2 rings (SSSR count). The number of benzene rings is 2. The molecule has 6 nitrogen and oxygen atoms in total. The van der Waals surface area contributed by atoms with Crippen molar-refractivity contribution in [2.75, 3.05) is 0 Å². The van der Waals surface area contributed by atoms with Crippen molar-refractivity contribution in [2.45, 2.75) is 31.8 Å². The lowest BCUT2D eigenvalue weighted by Crippen LogP contribution is -2.29. The van der Waals surface area contributed by atoms with Gasteiger partial charge >= 0.3 is 6.09 Å². The van der Waals surface area contributed by atoms with Gasteiger partial charge in [-0.15, -0.1) is 0 Å². The van der Waals surface area contributed by atoms with Crippen LogP contribution in [0.3, 0.4) is 0 Å². The van der Waals surface area contributed by atoms with E-state index in [1.807, 2.05) is 30.3 Å². The Kier molecular flexibility index (Phi) is 7.17. The van der Waals surface area contributed by atoms with Crippen LogP contribution in [0.15, 0.2) is 54.6 Å². The van der Waals surface area contributed by atoms with Gasteiger partial charge in [-0.3, -0.25) is 4.79 Å². The number of hydrogen-bond donors (Lipinski definition) is 3. The number of carbonyl (C=O) groups is 2. The average molecular weight is 356 g/mol. The summed E-state index contributed by atoms with van der Waals surface area (Å²) in [5.41, 5.74) is 12.4.